The van der Waals surface area contributed by atoms with Crippen molar-refractivity contribution in [1.82, 2.24) is 0 Å². The van der Waals surface area contributed by atoms with Crippen LogP contribution in [0.3, 0.4) is 0 Å². The normalized spacial score (nSPS) is 20.2. The average molecular weight is 289 g/mol. The van der Waals surface area contributed by atoms with E-state index in [0.717, 1.165) is 11.9 Å². The number of benzene rings is 1. The first-order chi connectivity index (χ1) is 8.35. The van der Waals surface area contributed by atoms with Crippen molar-refractivity contribution in [2.24, 2.45) is 0 Å². The molecule has 0 bridgehead atoms. The van der Waals surface area contributed by atoms with E-state index in [9.17, 15) is 13.2 Å². The SMILES string of the molecule is CS(=O)(=O)Nc1ccc(N2CC(Cl)CC2=O)cc1. The van der Waals surface area contributed by atoms with Crippen LogP contribution in [0.4, 0.5) is 11.4 Å². The number of amides is 1. The number of alkyl halides is 1. The van der Waals surface area contributed by atoms with Gasteiger partial charge in [0, 0.05) is 24.3 Å². The summed E-state index contributed by atoms with van der Waals surface area (Å²) in [5, 5.41) is -0.161. The van der Waals surface area contributed by atoms with E-state index < -0.39 is 10.0 Å². The number of carbonyl (C=O) groups excluding carboxylic acids is 1. The molecule has 0 aromatic heterocycles. The van der Waals surface area contributed by atoms with Crippen LogP contribution in [0.5, 0.6) is 0 Å². The maximum atomic E-state index is 11.6. The molecule has 5 nitrogen and oxygen atoms in total. The number of rotatable bonds is 3. The van der Waals surface area contributed by atoms with Crippen LogP contribution in [0.15, 0.2) is 24.3 Å². The fourth-order valence-electron chi connectivity index (χ4n) is 1.84. The third kappa shape index (κ3) is 3.14. The Morgan fingerprint density at radius 3 is 2.39 bits per heavy atom. The molecule has 1 aromatic rings. The van der Waals surface area contributed by atoms with E-state index in [4.69, 9.17) is 11.6 Å². The van der Waals surface area contributed by atoms with E-state index in [1.54, 1.807) is 29.2 Å². The minimum atomic E-state index is -3.28. The highest BCUT2D eigenvalue weighted by Crippen LogP contribution is 2.25. The Hall–Kier alpha value is -1.27. The molecule has 0 aliphatic carbocycles. The molecule has 7 heteroatoms. The Morgan fingerprint density at radius 1 is 1.33 bits per heavy atom. The van der Waals surface area contributed by atoms with Crippen molar-refractivity contribution >= 4 is 38.9 Å². The van der Waals surface area contributed by atoms with E-state index in [1.165, 1.54) is 0 Å². The second-order valence-corrected chi connectivity index (χ2v) is 6.59. The quantitative estimate of drug-likeness (QED) is 0.855. The Bertz CT molecular complexity index is 556. The molecule has 1 fully saturated rings. The lowest BCUT2D eigenvalue weighted by atomic mass is 10.2. The monoisotopic (exact) mass is 288 g/mol. The van der Waals surface area contributed by atoms with Gasteiger partial charge in [-0.2, -0.15) is 0 Å². The van der Waals surface area contributed by atoms with Crippen LogP contribution < -0.4 is 9.62 Å². The second kappa shape index (κ2) is 4.78. The number of sulfonamides is 1. The van der Waals surface area contributed by atoms with Crippen molar-refractivity contribution in [1.29, 1.82) is 0 Å². The molecule has 0 radical (unpaired) electrons. The molecular weight excluding hydrogens is 276 g/mol. The highest BCUT2D eigenvalue weighted by atomic mass is 35.5. The number of hydrogen-bond acceptors (Lipinski definition) is 3. The van der Waals surface area contributed by atoms with Crippen LogP contribution in [0.2, 0.25) is 0 Å². The minimum absolute atomic E-state index is 0.0150. The van der Waals surface area contributed by atoms with Crippen LogP contribution in [-0.2, 0) is 14.8 Å². The third-order valence-electron chi connectivity index (χ3n) is 2.56. The zero-order valence-electron chi connectivity index (χ0n) is 9.76. The van der Waals surface area contributed by atoms with Crippen molar-refractivity contribution in [2.75, 3.05) is 22.4 Å². The average Bonchev–Trinajstić information content (AvgIpc) is 2.57. The number of nitrogens with one attached hydrogen (secondary N) is 1. The van der Waals surface area contributed by atoms with Crippen LogP contribution in [0, 0.1) is 0 Å². The highest BCUT2D eigenvalue weighted by molar-refractivity contribution is 7.92. The maximum absolute atomic E-state index is 11.6. The molecule has 1 saturated heterocycles. The van der Waals surface area contributed by atoms with E-state index >= 15 is 0 Å². The zero-order valence-corrected chi connectivity index (χ0v) is 11.3. The minimum Gasteiger partial charge on any atom is -0.311 e. The molecule has 1 atom stereocenters. The highest BCUT2D eigenvalue weighted by Gasteiger charge is 2.28. The molecule has 1 amide bonds. The Balaban J connectivity index is 2.15. The lowest BCUT2D eigenvalue weighted by Crippen LogP contribution is -2.24. The molecule has 18 heavy (non-hydrogen) atoms. The number of halogens is 1. The lowest BCUT2D eigenvalue weighted by molar-refractivity contribution is -0.117. The molecule has 1 aliphatic heterocycles. The van der Waals surface area contributed by atoms with Gasteiger partial charge in [-0.05, 0) is 24.3 Å². The summed E-state index contributed by atoms with van der Waals surface area (Å²) in [4.78, 5) is 13.2. The second-order valence-electron chi connectivity index (χ2n) is 4.23. The lowest BCUT2D eigenvalue weighted by Gasteiger charge is -2.16. The van der Waals surface area contributed by atoms with Gasteiger partial charge in [0.15, 0.2) is 0 Å². The number of nitrogens with zero attached hydrogens (tertiary/aromatic N) is 1. The van der Waals surface area contributed by atoms with Gasteiger partial charge in [-0.3, -0.25) is 9.52 Å². The van der Waals surface area contributed by atoms with Gasteiger partial charge >= 0.3 is 0 Å². The van der Waals surface area contributed by atoms with Crippen molar-refractivity contribution < 1.29 is 13.2 Å². The predicted octanol–water partition coefficient (Wildman–Crippen LogP) is 1.40. The first-order valence-corrected chi connectivity index (χ1v) is 7.70. The van der Waals surface area contributed by atoms with Gasteiger partial charge in [-0.1, -0.05) is 0 Å². The summed E-state index contributed by atoms with van der Waals surface area (Å²) in [5.74, 6) is -0.0150. The van der Waals surface area contributed by atoms with Crippen molar-refractivity contribution in [3.05, 3.63) is 24.3 Å². The Kier molecular flexibility index (Phi) is 3.49. The van der Waals surface area contributed by atoms with Gasteiger partial charge in [0.25, 0.3) is 0 Å². The topological polar surface area (TPSA) is 66.5 Å². The number of anilines is 2. The fourth-order valence-corrected chi connectivity index (χ4v) is 2.67. The van der Waals surface area contributed by atoms with Crippen molar-refractivity contribution in [3.63, 3.8) is 0 Å². The van der Waals surface area contributed by atoms with Gasteiger partial charge in [-0.15, -0.1) is 11.6 Å². The predicted molar refractivity (Wildman–Crippen MR) is 71.5 cm³/mol. The number of hydrogen-bond donors (Lipinski definition) is 1. The van der Waals surface area contributed by atoms with Crippen LogP contribution in [0.1, 0.15) is 6.42 Å². The molecule has 1 unspecified atom stereocenters. The summed E-state index contributed by atoms with van der Waals surface area (Å²) >= 11 is 5.92. The van der Waals surface area contributed by atoms with Gasteiger partial charge in [0.2, 0.25) is 15.9 Å². The maximum Gasteiger partial charge on any atom is 0.229 e. The molecule has 1 aliphatic rings. The largest absolute Gasteiger partial charge is 0.311 e. The first kappa shape index (κ1) is 13.2. The van der Waals surface area contributed by atoms with E-state index in [1.807, 2.05) is 0 Å². The van der Waals surface area contributed by atoms with E-state index in [2.05, 4.69) is 4.72 Å². The van der Waals surface area contributed by atoms with Gasteiger partial charge in [0.1, 0.15) is 0 Å². The van der Waals surface area contributed by atoms with Crippen LogP contribution in [-0.4, -0.2) is 32.5 Å². The summed E-state index contributed by atoms with van der Waals surface area (Å²) in [6.07, 6.45) is 1.42. The van der Waals surface area contributed by atoms with E-state index in [-0.39, 0.29) is 11.3 Å². The Morgan fingerprint density at radius 2 is 1.94 bits per heavy atom. The molecule has 0 spiro atoms. The Labute approximate surface area is 111 Å². The van der Waals surface area contributed by atoms with Crippen LogP contribution in [0.25, 0.3) is 0 Å². The summed E-state index contributed by atoms with van der Waals surface area (Å²) in [6.45, 7) is 0.485. The van der Waals surface area contributed by atoms with Crippen molar-refractivity contribution in [3.8, 4) is 0 Å². The first-order valence-electron chi connectivity index (χ1n) is 5.37. The zero-order chi connectivity index (χ0) is 13.3. The smallest absolute Gasteiger partial charge is 0.229 e. The summed E-state index contributed by atoms with van der Waals surface area (Å²) in [5.41, 5.74) is 1.19. The van der Waals surface area contributed by atoms with Gasteiger partial charge < -0.3 is 4.90 Å². The molecule has 98 valence electrons. The van der Waals surface area contributed by atoms with Gasteiger partial charge in [-0.25, -0.2) is 8.42 Å². The van der Waals surface area contributed by atoms with Gasteiger partial charge in [0.05, 0.1) is 11.6 Å². The van der Waals surface area contributed by atoms with Crippen LogP contribution >= 0.6 is 11.6 Å². The molecule has 1 N–H and O–H groups in total. The van der Waals surface area contributed by atoms with Crippen molar-refractivity contribution in [2.45, 2.75) is 11.8 Å². The van der Waals surface area contributed by atoms with E-state index in [0.29, 0.717) is 18.7 Å². The standard InChI is InChI=1S/C11H13ClN2O3S/c1-18(16,17)13-9-2-4-10(5-3-9)14-7-8(12)6-11(14)15/h2-5,8,13H,6-7H2,1H3. The molecule has 1 heterocycles. The molecule has 1 aromatic carbocycles. The molecular formula is C11H13ClN2O3S. The fraction of sp³-hybridized carbons (Fsp3) is 0.364. The summed E-state index contributed by atoms with van der Waals surface area (Å²) in [7, 11) is -3.28. The summed E-state index contributed by atoms with van der Waals surface area (Å²) in [6, 6.07) is 6.62. The molecule has 2 rings (SSSR count). The number of carbonyl (C=O) groups is 1. The summed E-state index contributed by atoms with van der Waals surface area (Å²) < 4.78 is 24.4. The molecule has 0 saturated carbocycles. The third-order valence-corrected chi connectivity index (χ3v) is 3.46.